The largest absolute Gasteiger partial charge is 0.493 e. The number of methoxy groups -OCH3 is 2. The topological polar surface area (TPSA) is 77.1 Å². The number of hydrogen-bond donors (Lipinski definition) is 1. The van der Waals surface area contributed by atoms with Crippen molar-refractivity contribution in [2.45, 2.75) is 16.8 Å². The Morgan fingerprint density at radius 3 is 2.70 bits per heavy atom. The molecule has 0 saturated carbocycles. The first kappa shape index (κ1) is 13.0. The lowest BCUT2D eigenvalue weighted by Gasteiger charge is -2.09. The van der Waals surface area contributed by atoms with E-state index in [4.69, 9.17) is 9.47 Å². The summed E-state index contributed by atoms with van der Waals surface area (Å²) in [6.07, 6.45) is 2.08. The number of aromatic nitrogens is 3. The highest BCUT2D eigenvalue weighted by molar-refractivity contribution is 8.00. The molecule has 0 spiro atoms. The maximum absolute atomic E-state index is 12.4. The molecule has 1 aromatic carbocycles. The van der Waals surface area contributed by atoms with Crippen LogP contribution in [0.1, 0.15) is 15.9 Å². The van der Waals surface area contributed by atoms with Crippen molar-refractivity contribution < 1.29 is 14.3 Å². The highest BCUT2D eigenvalue weighted by Crippen LogP contribution is 2.38. The Kier molecular flexibility index (Phi) is 3.35. The van der Waals surface area contributed by atoms with E-state index in [9.17, 15) is 4.79 Å². The normalized spacial score (nSPS) is 17.1. The van der Waals surface area contributed by atoms with E-state index in [1.54, 1.807) is 20.3 Å². The molecule has 104 valence electrons. The standard InChI is InChI=1S/C13H13N3O3S/c1-18-9-3-7-4-11(20-13-14-6-15-16-13)12(17)8(7)5-10(9)19-2/h3,5-6,11H,4H2,1-2H3,(H,14,15,16). The van der Waals surface area contributed by atoms with Gasteiger partial charge in [-0.3, -0.25) is 9.89 Å². The molecule has 0 bridgehead atoms. The molecule has 6 nitrogen and oxygen atoms in total. The van der Waals surface area contributed by atoms with Crippen LogP contribution in [0.25, 0.3) is 0 Å². The fourth-order valence-corrected chi connectivity index (χ4v) is 3.25. The Morgan fingerprint density at radius 2 is 2.05 bits per heavy atom. The van der Waals surface area contributed by atoms with Crippen molar-refractivity contribution >= 4 is 17.5 Å². The van der Waals surface area contributed by atoms with Crippen molar-refractivity contribution in [3.63, 3.8) is 0 Å². The third-order valence-electron chi connectivity index (χ3n) is 3.22. The Balaban J connectivity index is 1.90. The molecular weight excluding hydrogens is 278 g/mol. The van der Waals surface area contributed by atoms with Gasteiger partial charge in [-0.1, -0.05) is 11.8 Å². The van der Waals surface area contributed by atoms with Gasteiger partial charge < -0.3 is 9.47 Å². The molecule has 0 saturated heterocycles. The fourth-order valence-electron chi connectivity index (χ4n) is 2.27. The second-order valence-corrected chi connectivity index (χ2v) is 5.52. The number of carbonyl (C=O) groups is 1. The van der Waals surface area contributed by atoms with Crippen LogP contribution in [0.2, 0.25) is 0 Å². The Hall–Kier alpha value is -2.02. The van der Waals surface area contributed by atoms with Crippen LogP contribution in [0.4, 0.5) is 0 Å². The summed E-state index contributed by atoms with van der Waals surface area (Å²) in [5.74, 6) is 1.30. The van der Waals surface area contributed by atoms with Gasteiger partial charge >= 0.3 is 0 Å². The summed E-state index contributed by atoms with van der Waals surface area (Å²) in [7, 11) is 3.15. The maximum Gasteiger partial charge on any atom is 0.184 e. The van der Waals surface area contributed by atoms with E-state index in [0.717, 1.165) is 5.56 Å². The van der Waals surface area contributed by atoms with E-state index in [-0.39, 0.29) is 11.0 Å². The number of ketones is 1. The maximum atomic E-state index is 12.4. The molecule has 1 atom stereocenters. The van der Waals surface area contributed by atoms with Crippen molar-refractivity contribution in [3.8, 4) is 11.5 Å². The molecule has 3 rings (SSSR count). The molecule has 1 aliphatic rings. The van der Waals surface area contributed by atoms with Crippen LogP contribution < -0.4 is 9.47 Å². The molecule has 1 N–H and O–H groups in total. The molecule has 0 aliphatic heterocycles. The average Bonchev–Trinajstić information content (AvgIpc) is 3.07. The number of nitrogens with zero attached hydrogens (tertiary/aromatic N) is 2. The first-order valence-electron chi connectivity index (χ1n) is 6.04. The van der Waals surface area contributed by atoms with Gasteiger partial charge in [-0.05, 0) is 24.1 Å². The summed E-state index contributed by atoms with van der Waals surface area (Å²) in [5.41, 5.74) is 1.67. The quantitative estimate of drug-likeness (QED) is 0.924. The molecule has 0 radical (unpaired) electrons. The second-order valence-electron chi connectivity index (χ2n) is 4.33. The molecule has 20 heavy (non-hydrogen) atoms. The fraction of sp³-hybridized carbons (Fsp3) is 0.308. The molecule has 1 aromatic heterocycles. The molecule has 0 fully saturated rings. The number of Topliss-reactive ketones (excluding diaryl/α,β-unsaturated/α-hetero) is 1. The highest BCUT2D eigenvalue weighted by Gasteiger charge is 2.33. The highest BCUT2D eigenvalue weighted by atomic mass is 32.2. The van der Waals surface area contributed by atoms with Crippen LogP contribution in [-0.2, 0) is 6.42 Å². The van der Waals surface area contributed by atoms with Gasteiger partial charge in [0.15, 0.2) is 22.4 Å². The van der Waals surface area contributed by atoms with Crippen molar-refractivity contribution in [2.75, 3.05) is 14.2 Å². The molecule has 7 heteroatoms. The third-order valence-corrected chi connectivity index (χ3v) is 4.30. The zero-order chi connectivity index (χ0) is 14.1. The smallest absolute Gasteiger partial charge is 0.184 e. The molecule has 1 heterocycles. The van der Waals surface area contributed by atoms with Crippen molar-refractivity contribution in [3.05, 3.63) is 29.6 Å². The van der Waals surface area contributed by atoms with Gasteiger partial charge in [0, 0.05) is 5.56 Å². The number of ether oxygens (including phenoxy) is 2. The van der Waals surface area contributed by atoms with Gasteiger partial charge in [-0.15, -0.1) is 0 Å². The van der Waals surface area contributed by atoms with Gasteiger partial charge in [0.05, 0.1) is 19.5 Å². The first-order chi connectivity index (χ1) is 9.72. The Bertz CT molecular complexity index is 643. The zero-order valence-electron chi connectivity index (χ0n) is 11.0. The monoisotopic (exact) mass is 291 g/mol. The number of hydrogen-bond acceptors (Lipinski definition) is 6. The van der Waals surface area contributed by atoms with Gasteiger partial charge in [0.2, 0.25) is 0 Å². The Morgan fingerprint density at radius 1 is 1.30 bits per heavy atom. The van der Waals surface area contributed by atoms with E-state index in [2.05, 4.69) is 15.2 Å². The van der Waals surface area contributed by atoms with Gasteiger partial charge in [-0.25, -0.2) is 4.98 Å². The molecular formula is C13H13N3O3S. The minimum absolute atomic E-state index is 0.0855. The Labute approximate surface area is 119 Å². The van der Waals surface area contributed by atoms with Crippen LogP contribution in [0, 0.1) is 0 Å². The van der Waals surface area contributed by atoms with Gasteiger partial charge in [0.1, 0.15) is 6.33 Å². The minimum atomic E-state index is -0.185. The predicted octanol–water partition coefficient (Wildman–Crippen LogP) is 1.72. The molecule has 1 aliphatic carbocycles. The number of aromatic amines is 1. The number of nitrogens with one attached hydrogen (secondary N) is 1. The van der Waals surface area contributed by atoms with Crippen molar-refractivity contribution in [2.24, 2.45) is 0 Å². The number of thioether (sulfide) groups is 1. The second kappa shape index (κ2) is 5.16. The lowest BCUT2D eigenvalue weighted by atomic mass is 10.1. The zero-order valence-corrected chi connectivity index (χ0v) is 11.9. The molecule has 2 aromatic rings. The lowest BCUT2D eigenvalue weighted by molar-refractivity contribution is 0.1000. The summed E-state index contributed by atoms with van der Waals surface area (Å²) in [5, 5.41) is 7.00. The summed E-state index contributed by atoms with van der Waals surface area (Å²) in [6.45, 7) is 0. The van der Waals surface area contributed by atoms with Gasteiger partial charge in [0.25, 0.3) is 0 Å². The predicted molar refractivity (Wildman–Crippen MR) is 73.6 cm³/mol. The number of rotatable bonds is 4. The van der Waals surface area contributed by atoms with E-state index in [1.807, 2.05) is 6.07 Å². The summed E-state index contributed by atoms with van der Waals surface area (Å²) in [6, 6.07) is 3.62. The van der Waals surface area contributed by atoms with Crippen LogP contribution >= 0.6 is 11.8 Å². The van der Waals surface area contributed by atoms with Crippen LogP contribution in [0.15, 0.2) is 23.6 Å². The van der Waals surface area contributed by atoms with E-state index in [0.29, 0.717) is 28.6 Å². The minimum Gasteiger partial charge on any atom is -0.493 e. The summed E-state index contributed by atoms with van der Waals surface area (Å²) >= 11 is 1.39. The third kappa shape index (κ3) is 2.14. The van der Waals surface area contributed by atoms with E-state index in [1.165, 1.54) is 18.1 Å². The van der Waals surface area contributed by atoms with Crippen molar-refractivity contribution in [1.82, 2.24) is 15.2 Å². The van der Waals surface area contributed by atoms with Crippen LogP contribution in [0.5, 0.6) is 11.5 Å². The van der Waals surface area contributed by atoms with Crippen LogP contribution in [0.3, 0.4) is 0 Å². The van der Waals surface area contributed by atoms with Crippen LogP contribution in [-0.4, -0.2) is 40.4 Å². The summed E-state index contributed by atoms with van der Waals surface area (Å²) < 4.78 is 10.5. The lowest BCUT2D eigenvalue weighted by Crippen LogP contribution is -2.11. The number of benzene rings is 1. The average molecular weight is 291 g/mol. The molecule has 0 amide bonds. The SMILES string of the molecule is COc1cc2c(cc1OC)C(=O)C(Sc1ncn[nH]1)C2. The molecule has 1 unspecified atom stereocenters. The van der Waals surface area contributed by atoms with Crippen molar-refractivity contribution in [1.29, 1.82) is 0 Å². The number of carbonyl (C=O) groups excluding carboxylic acids is 1. The van der Waals surface area contributed by atoms with E-state index < -0.39 is 0 Å². The van der Waals surface area contributed by atoms with Gasteiger partial charge in [-0.2, -0.15) is 5.10 Å². The number of H-pyrrole nitrogens is 1. The number of fused-ring (bicyclic) bond motifs is 1. The first-order valence-corrected chi connectivity index (χ1v) is 6.92. The summed E-state index contributed by atoms with van der Waals surface area (Å²) in [4.78, 5) is 16.5. The van der Waals surface area contributed by atoms with E-state index >= 15 is 0 Å².